The van der Waals surface area contributed by atoms with E-state index in [0.29, 0.717) is 0 Å². The zero-order valence-electron chi connectivity index (χ0n) is 11.9. The lowest BCUT2D eigenvalue weighted by Crippen LogP contribution is -2.60. The van der Waals surface area contributed by atoms with Crippen LogP contribution in [-0.4, -0.2) is 59.5 Å². The van der Waals surface area contributed by atoms with Crippen molar-refractivity contribution in [1.29, 1.82) is 0 Å². The minimum Gasteiger partial charge on any atom is -0.481 e. The molecule has 1 heterocycles. The standard InChI is InChI=1S/C12H19F3N2O4/c1-11(2)7-17(6-8(21-11)12(13,14)15)10(20)16-5-3-4-9(18)19/h8H,3-7H2,1-2H3,(H,16,20)(H,18,19). The number of carbonyl (C=O) groups excluding carboxylic acids is 1. The summed E-state index contributed by atoms with van der Waals surface area (Å²) in [6, 6.07) is -0.647. The fourth-order valence-electron chi connectivity index (χ4n) is 2.06. The van der Waals surface area contributed by atoms with Crippen LogP contribution in [0.3, 0.4) is 0 Å². The smallest absolute Gasteiger partial charge is 0.416 e. The number of nitrogens with one attached hydrogen (secondary N) is 1. The number of halogens is 3. The molecular formula is C12H19F3N2O4. The van der Waals surface area contributed by atoms with Crippen molar-refractivity contribution in [2.75, 3.05) is 19.6 Å². The first-order valence-corrected chi connectivity index (χ1v) is 6.50. The molecule has 1 aliphatic rings. The second-order valence-corrected chi connectivity index (χ2v) is 5.52. The average molecular weight is 312 g/mol. The highest BCUT2D eigenvalue weighted by Crippen LogP contribution is 2.31. The van der Waals surface area contributed by atoms with Gasteiger partial charge in [0.2, 0.25) is 0 Å². The van der Waals surface area contributed by atoms with E-state index in [4.69, 9.17) is 9.84 Å². The normalized spacial score (nSPS) is 22.0. The average Bonchev–Trinajstić information content (AvgIpc) is 2.31. The van der Waals surface area contributed by atoms with Crippen molar-refractivity contribution in [1.82, 2.24) is 10.2 Å². The summed E-state index contributed by atoms with van der Waals surface area (Å²) in [5, 5.41) is 10.9. The van der Waals surface area contributed by atoms with E-state index in [1.165, 1.54) is 13.8 Å². The molecule has 0 aromatic heterocycles. The van der Waals surface area contributed by atoms with Crippen LogP contribution in [0.2, 0.25) is 0 Å². The molecule has 0 radical (unpaired) electrons. The molecule has 0 bridgehead atoms. The van der Waals surface area contributed by atoms with Gasteiger partial charge in [-0.2, -0.15) is 13.2 Å². The van der Waals surface area contributed by atoms with Gasteiger partial charge in [-0.1, -0.05) is 0 Å². The molecule has 2 amide bonds. The lowest BCUT2D eigenvalue weighted by atomic mass is 10.1. The third-order valence-electron chi connectivity index (χ3n) is 2.92. The zero-order valence-corrected chi connectivity index (χ0v) is 11.9. The summed E-state index contributed by atoms with van der Waals surface area (Å²) in [7, 11) is 0. The number of urea groups is 1. The lowest BCUT2D eigenvalue weighted by molar-refractivity contribution is -0.267. The number of carboxylic acids is 1. The van der Waals surface area contributed by atoms with E-state index in [1.807, 2.05) is 0 Å². The maximum atomic E-state index is 12.8. The van der Waals surface area contributed by atoms with E-state index in [9.17, 15) is 22.8 Å². The highest BCUT2D eigenvalue weighted by Gasteiger charge is 2.49. The van der Waals surface area contributed by atoms with Crippen molar-refractivity contribution in [2.24, 2.45) is 0 Å². The Kier molecular flexibility index (Phi) is 5.43. The van der Waals surface area contributed by atoms with Crippen LogP contribution in [0.5, 0.6) is 0 Å². The molecule has 1 unspecified atom stereocenters. The van der Waals surface area contributed by atoms with Crippen molar-refractivity contribution in [2.45, 2.75) is 44.6 Å². The number of nitrogens with zero attached hydrogens (tertiary/aromatic N) is 1. The Morgan fingerprint density at radius 3 is 2.57 bits per heavy atom. The summed E-state index contributed by atoms with van der Waals surface area (Å²) in [5.41, 5.74) is -1.10. The van der Waals surface area contributed by atoms with E-state index >= 15 is 0 Å². The molecule has 1 rings (SSSR count). The number of morpholine rings is 1. The van der Waals surface area contributed by atoms with E-state index in [-0.39, 0.29) is 25.9 Å². The van der Waals surface area contributed by atoms with Crippen LogP contribution < -0.4 is 5.32 Å². The van der Waals surface area contributed by atoms with Crippen LogP contribution in [0.25, 0.3) is 0 Å². The molecule has 1 aliphatic heterocycles. The summed E-state index contributed by atoms with van der Waals surface area (Å²) < 4.78 is 43.3. The number of amides is 2. The molecule has 1 saturated heterocycles. The van der Waals surface area contributed by atoms with Gasteiger partial charge in [-0.3, -0.25) is 4.79 Å². The number of alkyl halides is 3. The molecule has 122 valence electrons. The maximum absolute atomic E-state index is 12.8. The molecule has 9 heteroatoms. The first-order chi connectivity index (χ1) is 9.51. The molecular weight excluding hydrogens is 293 g/mol. The van der Waals surface area contributed by atoms with Crippen molar-refractivity contribution in [3.63, 3.8) is 0 Å². The van der Waals surface area contributed by atoms with Gasteiger partial charge in [0.1, 0.15) is 0 Å². The lowest BCUT2D eigenvalue weighted by Gasteiger charge is -2.43. The summed E-state index contributed by atoms with van der Waals surface area (Å²) in [5.74, 6) is -0.992. The van der Waals surface area contributed by atoms with Crippen molar-refractivity contribution in [3.8, 4) is 0 Å². The molecule has 0 aromatic rings. The fraction of sp³-hybridized carbons (Fsp3) is 0.833. The van der Waals surface area contributed by atoms with Crippen LogP contribution in [-0.2, 0) is 9.53 Å². The molecule has 6 nitrogen and oxygen atoms in total. The Bertz CT molecular complexity index is 398. The zero-order chi connectivity index (χ0) is 16.3. The van der Waals surface area contributed by atoms with E-state index in [2.05, 4.69) is 5.32 Å². The molecule has 2 N–H and O–H groups in total. The Labute approximate surface area is 120 Å². The van der Waals surface area contributed by atoms with Gasteiger partial charge in [-0.05, 0) is 20.3 Å². The second-order valence-electron chi connectivity index (χ2n) is 5.52. The predicted octanol–water partition coefficient (Wildman–Crippen LogP) is 1.60. The molecule has 1 atom stereocenters. The minimum absolute atomic E-state index is 0.0321. The van der Waals surface area contributed by atoms with Crippen molar-refractivity contribution >= 4 is 12.0 Å². The summed E-state index contributed by atoms with van der Waals surface area (Å²) >= 11 is 0. The van der Waals surface area contributed by atoms with Gasteiger partial charge in [0, 0.05) is 13.0 Å². The summed E-state index contributed by atoms with van der Waals surface area (Å²) in [6.07, 6.45) is -6.46. The van der Waals surface area contributed by atoms with Gasteiger partial charge in [-0.25, -0.2) is 4.79 Å². The first kappa shape index (κ1) is 17.5. The highest BCUT2D eigenvalue weighted by molar-refractivity contribution is 5.74. The van der Waals surface area contributed by atoms with Crippen molar-refractivity contribution < 1.29 is 32.6 Å². The molecule has 0 aromatic carbocycles. The molecule has 21 heavy (non-hydrogen) atoms. The monoisotopic (exact) mass is 312 g/mol. The van der Waals surface area contributed by atoms with Gasteiger partial charge in [-0.15, -0.1) is 0 Å². The van der Waals surface area contributed by atoms with Gasteiger partial charge in [0.15, 0.2) is 6.10 Å². The fourth-order valence-corrected chi connectivity index (χ4v) is 2.06. The number of carbonyl (C=O) groups is 2. The molecule has 0 spiro atoms. The maximum Gasteiger partial charge on any atom is 0.416 e. The van der Waals surface area contributed by atoms with E-state index < -0.39 is 36.4 Å². The van der Waals surface area contributed by atoms with Crippen LogP contribution in [0, 0.1) is 0 Å². The van der Waals surface area contributed by atoms with Gasteiger partial charge in [0.25, 0.3) is 0 Å². The third-order valence-corrected chi connectivity index (χ3v) is 2.92. The van der Waals surface area contributed by atoms with Crippen LogP contribution in [0.4, 0.5) is 18.0 Å². The highest BCUT2D eigenvalue weighted by atomic mass is 19.4. The largest absolute Gasteiger partial charge is 0.481 e. The topological polar surface area (TPSA) is 78.9 Å². The second kappa shape index (κ2) is 6.50. The van der Waals surface area contributed by atoms with Crippen LogP contribution >= 0.6 is 0 Å². The Hall–Kier alpha value is -1.51. The van der Waals surface area contributed by atoms with Gasteiger partial charge in [0.05, 0.1) is 18.7 Å². The Morgan fingerprint density at radius 1 is 1.43 bits per heavy atom. The van der Waals surface area contributed by atoms with E-state index in [1.54, 1.807) is 0 Å². The van der Waals surface area contributed by atoms with Crippen LogP contribution in [0.15, 0.2) is 0 Å². The van der Waals surface area contributed by atoms with Crippen molar-refractivity contribution in [3.05, 3.63) is 0 Å². The minimum atomic E-state index is -4.54. The number of hydrogen-bond donors (Lipinski definition) is 2. The SMILES string of the molecule is CC1(C)CN(C(=O)NCCCC(=O)O)CC(C(F)(F)F)O1. The molecule has 1 fully saturated rings. The number of carboxylic acid groups (broad SMARTS) is 1. The van der Waals surface area contributed by atoms with Gasteiger partial charge >= 0.3 is 18.2 Å². The third kappa shape index (κ3) is 5.78. The summed E-state index contributed by atoms with van der Waals surface area (Å²) in [4.78, 5) is 23.2. The van der Waals surface area contributed by atoms with Gasteiger partial charge < -0.3 is 20.1 Å². The summed E-state index contributed by atoms with van der Waals surface area (Å²) in [6.45, 7) is 2.52. The first-order valence-electron chi connectivity index (χ1n) is 6.50. The number of hydrogen-bond acceptors (Lipinski definition) is 3. The Balaban J connectivity index is 2.56. The predicted molar refractivity (Wildman–Crippen MR) is 66.8 cm³/mol. The number of aliphatic carboxylic acids is 1. The quantitative estimate of drug-likeness (QED) is 0.773. The number of rotatable bonds is 4. The molecule has 0 aliphatic carbocycles. The molecule has 0 saturated carbocycles. The number of ether oxygens (including phenoxy) is 1. The Morgan fingerprint density at radius 2 is 2.05 bits per heavy atom. The van der Waals surface area contributed by atoms with E-state index in [0.717, 1.165) is 4.90 Å². The van der Waals surface area contributed by atoms with Crippen LogP contribution in [0.1, 0.15) is 26.7 Å².